The molecule has 1 N–H and O–H groups in total. The fourth-order valence-electron chi connectivity index (χ4n) is 3.16. The van der Waals surface area contributed by atoms with Crippen LogP contribution in [0.2, 0.25) is 0 Å². The number of fused-ring (bicyclic) bond motifs is 1. The summed E-state index contributed by atoms with van der Waals surface area (Å²) < 4.78 is 12.6. The molecule has 2 aromatic heterocycles. The number of nitrogens with zero attached hydrogens (tertiary/aromatic N) is 4. The summed E-state index contributed by atoms with van der Waals surface area (Å²) in [5.41, 5.74) is 3.94. The first kappa shape index (κ1) is 17.8. The molecule has 0 amide bonds. The summed E-state index contributed by atoms with van der Waals surface area (Å²) in [5.74, 6) is 2.76. The second-order valence-corrected chi connectivity index (χ2v) is 6.35. The molecule has 0 bridgehead atoms. The van der Waals surface area contributed by atoms with Crippen LogP contribution in [0.5, 0.6) is 11.5 Å². The van der Waals surface area contributed by atoms with Gasteiger partial charge in [-0.3, -0.25) is 0 Å². The van der Waals surface area contributed by atoms with Crippen molar-refractivity contribution >= 4 is 17.3 Å². The van der Waals surface area contributed by atoms with Gasteiger partial charge in [0.25, 0.3) is 5.78 Å². The van der Waals surface area contributed by atoms with Crippen molar-refractivity contribution in [2.75, 3.05) is 19.5 Å². The minimum atomic E-state index is 0.546. The second-order valence-electron chi connectivity index (χ2n) is 6.35. The zero-order valence-corrected chi connectivity index (χ0v) is 16.0. The zero-order valence-electron chi connectivity index (χ0n) is 16.0. The monoisotopic (exact) mass is 375 g/mol. The van der Waals surface area contributed by atoms with E-state index in [2.05, 4.69) is 32.5 Å². The van der Waals surface area contributed by atoms with Gasteiger partial charge in [-0.2, -0.15) is 14.6 Å². The summed E-state index contributed by atoms with van der Waals surface area (Å²) in [6, 6.07) is 15.9. The lowest BCUT2D eigenvalue weighted by atomic mass is 10.0. The fraction of sp³-hybridized carbons (Fsp3) is 0.190. The molecule has 0 radical (unpaired) electrons. The van der Waals surface area contributed by atoms with Gasteiger partial charge in [-0.05, 0) is 24.6 Å². The molecule has 2 aromatic carbocycles. The van der Waals surface area contributed by atoms with E-state index in [4.69, 9.17) is 9.47 Å². The Balaban J connectivity index is 1.83. The van der Waals surface area contributed by atoms with Crippen LogP contribution in [0, 0.1) is 6.92 Å². The van der Waals surface area contributed by atoms with Gasteiger partial charge in [0.1, 0.15) is 23.6 Å². The molecule has 0 aliphatic heterocycles. The van der Waals surface area contributed by atoms with Gasteiger partial charge < -0.3 is 14.8 Å². The van der Waals surface area contributed by atoms with E-state index in [0.29, 0.717) is 11.5 Å². The number of aryl methyl sites for hydroxylation is 1. The van der Waals surface area contributed by atoms with Gasteiger partial charge >= 0.3 is 0 Å². The smallest absolute Gasteiger partial charge is 0.254 e. The maximum atomic E-state index is 5.54. The summed E-state index contributed by atoms with van der Waals surface area (Å²) in [5, 5.41) is 7.84. The van der Waals surface area contributed by atoms with Gasteiger partial charge in [-0.25, -0.2) is 4.98 Å². The molecule has 28 heavy (non-hydrogen) atoms. The number of methoxy groups -OCH3 is 2. The molecule has 0 unspecified atom stereocenters. The highest BCUT2D eigenvalue weighted by molar-refractivity contribution is 5.69. The third-order valence-electron chi connectivity index (χ3n) is 4.62. The highest BCUT2D eigenvalue weighted by Crippen LogP contribution is 2.33. The Morgan fingerprint density at radius 3 is 2.61 bits per heavy atom. The summed E-state index contributed by atoms with van der Waals surface area (Å²) in [6.07, 6.45) is 2.22. The number of benzene rings is 2. The van der Waals surface area contributed by atoms with E-state index in [0.717, 1.165) is 34.9 Å². The average molecular weight is 375 g/mol. The van der Waals surface area contributed by atoms with Gasteiger partial charge in [0.15, 0.2) is 0 Å². The van der Waals surface area contributed by atoms with E-state index >= 15 is 0 Å². The largest absolute Gasteiger partial charge is 0.497 e. The van der Waals surface area contributed by atoms with E-state index in [1.54, 1.807) is 18.7 Å². The predicted octanol–water partition coefficient (Wildman–Crippen LogP) is 3.78. The lowest BCUT2D eigenvalue weighted by Gasteiger charge is -2.17. The Morgan fingerprint density at radius 2 is 1.86 bits per heavy atom. The van der Waals surface area contributed by atoms with Crippen LogP contribution in [-0.2, 0) is 6.42 Å². The van der Waals surface area contributed by atoms with Crippen LogP contribution in [0.15, 0.2) is 54.9 Å². The maximum Gasteiger partial charge on any atom is 0.254 e. The van der Waals surface area contributed by atoms with E-state index in [1.807, 2.05) is 43.3 Å². The molecule has 4 rings (SSSR count). The topological polar surface area (TPSA) is 73.6 Å². The van der Waals surface area contributed by atoms with Crippen molar-refractivity contribution in [3.8, 4) is 11.5 Å². The summed E-state index contributed by atoms with van der Waals surface area (Å²) >= 11 is 0. The van der Waals surface area contributed by atoms with Gasteiger partial charge in [0, 0.05) is 23.7 Å². The van der Waals surface area contributed by atoms with E-state index < -0.39 is 0 Å². The quantitative estimate of drug-likeness (QED) is 0.553. The number of ether oxygens (including phenoxy) is 2. The van der Waals surface area contributed by atoms with Gasteiger partial charge in [-0.1, -0.05) is 30.3 Å². The molecule has 0 saturated heterocycles. The molecular weight excluding hydrogens is 354 g/mol. The van der Waals surface area contributed by atoms with Crippen LogP contribution >= 0.6 is 0 Å². The van der Waals surface area contributed by atoms with Gasteiger partial charge in [-0.15, -0.1) is 0 Å². The van der Waals surface area contributed by atoms with Gasteiger partial charge in [0.05, 0.1) is 19.9 Å². The second kappa shape index (κ2) is 7.56. The van der Waals surface area contributed by atoms with E-state index in [-0.39, 0.29) is 0 Å². The molecular formula is C21H21N5O2. The zero-order chi connectivity index (χ0) is 19.5. The van der Waals surface area contributed by atoms with Crippen LogP contribution in [0.3, 0.4) is 0 Å². The van der Waals surface area contributed by atoms with Crippen molar-refractivity contribution in [1.82, 2.24) is 19.6 Å². The van der Waals surface area contributed by atoms with Crippen LogP contribution in [0.1, 0.15) is 16.8 Å². The van der Waals surface area contributed by atoms with Crippen molar-refractivity contribution in [3.63, 3.8) is 0 Å². The van der Waals surface area contributed by atoms with Crippen molar-refractivity contribution in [2.45, 2.75) is 13.3 Å². The molecule has 7 nitrogen and oxygen atoms in total. The molecule has 0 saturated carbocycles. The normalized spacial score (nSPS) is 10.8. The van der Waals surface area contributed by atoms with Crippen LogP contribution in [0.25, 0.3) is 5.78 Å². The number of nitrogens with one attached hydrogen (secondary N) is 1. The molecule has 142 valence electrons. The SMILES string of the molecule is COc1ccc(Nc2c(Cc3ccccc3)c(C)nc3ncnn23)c(OC)c1. The molecule has 0 fully saturated rings. The molecule has 0 spiro atoms. The molecule has 4 aromatic rings. The lowest BCUT2D eigenvalue weighted by molar-refractivity contribution is 0.395. The van der Waals surface area contributed by atoms with Crippen LogP contribution in [0.4, 0.5) is 11.5 Å². The van der Waals surface area contributed by atoms with Gasteiger partial charge in [0.2, 0.25) is 0 Å². The molecule has 2 heterocycles. The maximum absolute atomic E-state index is 5.54. The Hall–Kier alpha value is -3.61. The van der Waals surface area contributed by atoms with Crippen molar-refractivity contribution in [2.24, 2.45) is 0 Å². The van der Waals surface area contributed by atoms with Crippen molar-refractivity contribution in [3.05, 3.63) is 71.7 Å². The first-order chi connectivity index (χ1) is 13.7. The summed E-state index contributed by atoms with van der Waals surface area (Å²) in [6.45, 7) is 1.99. The number of hydrogen-bond acceptors (Lipinski definition) is 6. The summed E-state index contributed by atoms with van der Waals surface area (Å²) in [4.78, 5) is 8.85. The number of hydrogen-bond donors (Lipinski definition) is 1. The first-order valence-electron chi connectivity index (χ1n) is 8.92. The van der Waals surface area contributed by atoms with E-state index in [1.165, 1.54) is 11.9 Å². The fourth-order valence-corrected chi connectivity index (χ4v) is 3.16. The third kappa shape index (κ3) is 3.34. The summed E-state index contributed by atoms with van der Waals surface area (Å²) in [7, 11) is 3.26. The Labute approximate surface area is 163 Å². The Morgan fingerprint density at radius 1 is 1.04 bits per heavy atom. The number of aromatic nitrogens is 4. The average Bonchev–Trinajstić information content (AvgIpc) is 3.19. The number of anilines is 2. The highest BCUT2D eigenvalue weighted by atomic mass is 16.5. The Kier molecular flexibility index (Phi) is 4.80. The van der Waals surface area contributed by atoms with Crippen molar-refractivity contribution in [1.29, 1.82) is 0 Å². The van der Waals surface area contributed by atoms with Crippen LogP contribution in [-0.4, -0.2) is 33.8 Å². The minimum absolute atomic E-state index is 0.546. The predicted molar refractivity (Wildman–Crippen MR) is 108 cm³/mol. The molecule has 0 atom stereocenters. The van der Waals surface area contributed by atoms with Crippen molar-refractivity contribution < 1.29 is 9.47 Å². The van der Waals surface area contributed by atoms with Crippen LogP contribution < -0.4 is 14.8 Å². The highest BCUT2D eigenvalue weighted by Gasteiger charge is 2.17. The third-order valence-corrected chi connectivity index (χ3v) is 4.62. The Bertz CT molecular complexity index is 1110. The lowest BCUT2D eigenvalue weighted by Crippen LogP contribution is -2.10. The number of rotatable bonds is 6. The molecule has 0 aliphatic carbocycles. The van der Waals surface area contributed by atoms with E-state index in [9.17, 15) is 0 Å². The standard InChI is InChI=1S/C21H21N5O2/c1-14-17(11-15-7-5-4-6-8-15)20(26-21(24-14)22-13-23-26)25-18-10-9-16(27-2)12-19(18)28-3/h4-10,12-13,25H,11H2,1-3H3. The minimum Gasteiger partial charge on any atom is -0.497 e. The first-order valence-corrected chi connectivity index (χ1v) is 8.92. The molecule has 7 heteroatoms. The molecule has 0 aliphatic rings.